The van der Waals surface area contributed by atoms with E-state index in [-0.39, 0.29) is 28.6 Å². The standard InChI is InChI=1S/C18H18ClFN2O2S/c1-12(18(24)21-10-13-2-4-14(19)5-3-13)25-11-17(23)22-16-8-6-15(20)7-9-16/h2-9,12H,10-11H2,1H3,(H,21,24)(H,22,23). The van der Waals surface area contributed by atoms with Crippen molar-refractivity contribution in [1.29, 1.82) is 0 Å². The zero-order valence-electron chi connectivity index (χ0n) is 13.6. The van der Waals surface area contributed by atoms with Crippen LogP contribution in [0.3, 0.4) is 0 Å². The van der Waals surface area contributed by atoms with E-state index in [1.807, 2.05) is 12.1 Å². The molecule has 0 spiro atoms. The molecular formula is C18H18ClFN2O2S. The Labute approximate surface area is 155 Å². The number of thioether (sulfide) groups is 1. The van der Waals surface area contributed by atoms with Crippen molar-refractivity contribution in [2.75, 3.05) is 11.1 Å². The lowest BCUT2D eigenvalue weighted by Gasteiger charge is -2.12. The van der Waals surface area contributed by atoms with E-state index in [1.54, 1.807) is 19.1 Å². The fourth-order valence-electron chi connectivity index (χ4n) is 1.94. The highest BCUT2D eigenvalue weighted by atomic mass is 35.5. The van der Waals surface area contributed by atoms with Gasteiger partial charge in [-0.3, -0.25) is 9.59 Å². The van der Waals surface area contributed by atoms with Crippen LogP contribution in [0.1, 0.15) is 12.5 Å². The summed E-state index contributed by atoms with van der Waals surface area (Å²) in [5, 5.41) is 5.75. The molecule has 1 unspecified atom stereocenters. The van der Waals surface area contributed by atoms with Crippen LogP contribution < -0.4 is 10.6 Å². The highest BCUT2D eigenvalue weighted by Crippen LogP contribution is 2.14. The van der Waals surface area contributed by atoms with Gasteiger partial charge >= 0.3 is 0 Å². The predicted octanol–water partition coefficient (Wildman–Crippen LogP) is 3.86. The summed E-state index contributed by atoms with van der Waals surface area (Å²) in [5.41, 5.74) is 1.47. The Morgan fingerprint density at radius 1 is 1.12 bits per heavy atom. The topological polar surface area (TPSA) is 58.2 Å². The maximum absolute atomic E-state index is 12.8. The average Bonchev–Trinajstić information content (AvgIpc) is 2.61. The van der Waals surface area contributed by atoms with Crippen LogP contribution in [-0.4, -0.2) is 22.8 Å². The maximum atomic E-state index is 12.8. The van der Waals surface area contributed by atoms with Gasteiger partial charge in [0.25, 0.3) is 0 Å². The number of nitrogens with one attached hydrogen (secondary N) is 2. The van der Waals surface area contributed by atoms with Gasteiger partial charge < -0.3 is 10.6 Å². The highest BCUT2D eigenvalue weighted by Gasteiger charge is 2.15. The summed E-state index contributed by atoms with van der Waals surface area (Å²) in [6.07, 6.45) is 0. The summed E-state index contributed by atoms with van der Waals surface area (Å²) in [4.78, 5) is 23.9. The van der Waals surface area contributed by atoms with E-state index in [0.717, 1.165) is 5.56 Å². The molecule has 132 valence electrons. The minimum absolute atomic E-state index is 0.132. The molecule has 2 amide bonds. The third-order valence-electron chi connectivity index (χ3n) is 3.34. The largest absolute Gasteiger partial charge is 0.351 e. The van der Waals surface area contributed by atoms with Gasteiger partial charge in [0.15, 0.2) is 0 Å². The Kier molecular flexibility index (Phi) is 7.28. The van der Waals surface area contributed by atoms with Crippen molar-refractivity contribution < 1.29 is 14.0 Å². The van der Waals surface area contributed by atoms with Crippen LogP contribution in [0, 0.1) is 5.82 Å². The number of amides is 2. The third kappa shape index (κ3) is 6.76. The van der Waals surface area contributed by atoms with Crippen LogP contribution in [0.4, 0.5) is 10.1 Å². The first kappa shape index (κ1) is 19.3. The van der Waals surface area contributed by atoms with Crippen molar-refractivity contribution in [3.63, 3.8) is 0 Å². The lowest BCUT2D eigenvalue weighted by atomic mass is 10.2. The number of carbonyl (C=O) groups excluding carboxylic acids is 2. The monoisotopic (exact) mass is 380 g/mol. The molecule has 4 nitrogen and oxygen atoms in total. The predicted molar refractivity (Wildman–Crippen MR) is 100 cm³/mol. The number of benzene rings is 2. The molecule has 0 bridgehead atoms. The van der Waals surface area contributed by atoms with Crippen LogP contribution in [-0.2, 0) is 16.1 Å². The average molecular weight is 381 g/mol. The van der Waals surface area contributed by atoms with Crippen molar-refractivity contribution in [3.05, 3.63) is 64.9 Å². The Hall–Kier alpha value is -2.05. The molecule has 25 heavy (non-hydrogen) atoms. The Balaban J connectivity index is 1.72. The maximum Gasteiger partial charge on any atom is 0.234 e. The molecule has 0 aromatic heterocycles. The lowest BCUT2D eigenvalue weighted by molar-refractivity contribution is -0.120. The van der Waals surface area contributed by atoms with Gasteiger partial charge in [0.2, 0.25) is 11.8 Å². The number of anilines is 1. The normalized spacial score (nSPS) is 11.6. The fraction of sp³-hybridized carbons (Fsp3) is 0.222. The van der Waals surface area contributed by atoms with Gasteiger partial charge in [-0.05, 0) is 48.9 Å². The first-order valence-electron chi connectivity index (χ1n) is 7.63. The minimum atomic E-state index is -0.369. The van der Waals surface area contributed by atoms with Crippen LogP contribution in [0.25, 0.3) is 0 Å². The lowest BCUT2D eigenvalue weighted by Crippen LogP contribution is -2.31. The summed E-state index contributed by atoms with van der Waals surface area (Å²) < 4.78 is 12.8. The summed E-state index contributed by atoms with van der Waals surface area (Å²) in [6.45, 7) is 2.15. The van der Waals surface area contributed by atoms with E-state index in [4.69, 9.17) is 11.6 Å². The van der Waals surface area contributed by atoms with Crippen LogP contribution >= 0.6 is 23.4 Å². The first-order chi connectivity index (χ1) is 11.9. The molecule has 0 radical (unpaired) electrons. The SMILES string of the molecule is CC(SCC(=O)Nc1ccc(F)cc1)C(=O)NCc1ccc(Cl)cc1. The molecule has 7 heteroatoms. The Morgan fingerprint density at radius 2 is 1.76 bits per heavy atom. The van der Waals surface area contributed by atoms with Crippen molar-refractivity contribution >= 4 is 40.9 Å². The number of rotatable bonds is 7. The van der Waals surface area contributed by atoms with Gasteiger partial charge in [-0.1, -0.05) is 23.7 Å². The molecule has 1 atom stereocenters. The number of hydrogen-bond donors (Lipinski definition) is 2. The summed E-state index contributed by atoms with van der Waals surface area (Å²) in [6, 6.07) is 12.7. The Bertz CT molecular complexity index is 723. The molecule has 0 aliphatic rings. The van der Waals surface area contributed by atoms with Gasteiger partial charge in [-0.2, -0.15) is 0 Å². The molecule has 0 aliphatic heterocycles. The number of halogens is 2. The van der Waals surface area contributed by atoms with Crippen molar-refractivity contribution in [3.8, 4) is 0 Å². The van der Waals surface area contributed by atoms with E-state index in [1.165, 1.54) is 36.0 Å². The highest BCUT2D eigenvalue weighted by molar-refractivity contribution is 8.01. The molecule has 2 rings (SSSR count). The molecular weight excluding hydrogens is 363 g/mol. The van der Waals surface area contributed by atoms with E-state index < -0.39 is 0 Å². The number of hydrogen-bond acceptors (Lipinski definition) is 3. The van der Waals surface area contributed by atoms with Crippen LogP contribution in [0.5, 0.6) is 0 Å². The minimum Gasteiger partial charge on any atom is -0.351 e. The van der Waals surface area contributed by atoms with Gasteiger partial charge in [0, 0.05) is 17.3 Å². The second kappa shape index (κ2) is 9.44. The second-order valence-corrected chi connectivity index (χ2v) is 7.12. The third-order valence-corrected chi connectivity index (χ3v) is 4.74. The first-order valence-corrected chi connectivity index (χ1v) is 9.06. The summed E-state index contributed by atoms with van der Waals surface area (Å²) in [5.74, 6) is -0.616. The quantitative estimate of drug-likeness (QED) is 0.766. The zero-order valence-corrected chi connectivity index (χ0v) is 15.2. The molecule has 0 saturated heterocycles. The van der Waals surface area contributed by atoms with E-state index >= 15 is 0 Å². The van der Waals surface area contributed by atoms with E-state index in [2.05, 4.69) is 10.6 Å². The molecule has 0 saturated carbocycles. The fourth-order valence-corrected chi connectivity index (χ4v) is 2.78. The number of carbonyl (C=O) groups is 2. The van der Waals surface area contributed by atoms with Crippen molar-refractivity contribution in [2.24, 2.45) is 0 Å². The molecule has 2 aromatic rings. The summed E-state index contributed by atoms with van der Waals surface area (Å²) >= 11 is 7.05. The van der Waals surface area contributed by atoms with Gasteiger partial charge in [-0.25, -0.2) is 4.39 Å². The van der Waals surface area contributed by atoms with Crippen molar-refractivity contribution in [1.82, 2.24) is 5.32 Å². The van der Waals surface area contributed by atoms with Gasteiger partial charge in [0.1, 0.15) is 5.82 Å². The molecule has 2 N–H and O–H groups in total. The second-order valence-electron chi connectivity index (χ2n) is 5.35. The van der Waals surface area contributed by atoms with E-state index in [0.29, 0.717) is 17.3 Å². The molecule has 0 heterocycles. The molecule has 0 fully saturated rings. The zero-order chi connectivity index (χ0) is 18.2. The van der Waals surface area contributed by atoms with Gasteiger partial charge in [-0.15, -0.1) is 11.8 Å². The molecule has 0 aliphatic carbocycles. The van der Waals surface area contributed by atoms with Crippen LogP contribution in [0.2, 0.25) is 5.02 Å². The summed E-state index contributed by atoms with van der Waals surface area (Å²) in [7, 11) is 0. The Morgan fingerprint density at radius 3 is 2.40 bits per heavy atom. The molecule has 2 aromatic carbocycles. The van der Waals surface area contributed by atoms with Crippen LogP contribution in [0.15, 0.2) is 48.5 Å². The van der Waals surface area contributed by atoms with Crippen molar-refractivity contribution in [2.45, 2.75) is 18.7 Å². The van der Waals surface area contributed by atoms with E-state index in [9.17, 15) is 14.0 Å². The van der Waals surface area contributed by atoms with Gasteiger partial charge in [0.05, 0.1) is 11.0 Å². The smallest absolute Gasteiger partial charge is 0.234 e.